The van der Waals surface area contributed by atoms with Gasteiger partial charge >= 0.3 is 0 Å². The molecule has 0 saturated heterocycles. The highest BCUT2D eigenvalue weighted by Crippen LogP contribution is 2.08. The molecule has 0 bridgehead atoms. The van der Waals surface area contributed by atoms with Crippen molar-refractivity contribution in [2.75, 3.05) is 0 Å². The molecular weight excluding hydrogens is 146 g/mol. The quantitative estimate of drug-likeness (QED) is 0.723. The van der Waals surface area contributed by atoms with Crippen molar-refractivity contribution in [3.8, 4) is 0 Å². The van der Waals surface area contributed by atoms with Crippen LogP contribution in [0.3, 0.4) is 0 Å². The molecule has 0 amide bonds. The van der Waals surface area contributed by atoms with Crippen LogP contribution in [0, 0.1) is 5.92 Å². The van der Waals surface area contributed by atoms with Crippen LogP contribution in [-0.4, -0.2) is 0 Å². The van der Waals surface area contributed by atoms with Gasteiger partial charge in [0.05, 0.1) is 0 Å². The molecule has 1 rings (SSSR count). The summed E-state index contributed by atoms with van der Waals surface area (Å²) < 4.78 is 0. The van der Waals surface area contributed by atoms with Crippen molar-refractivity contribution in [3.05, 3.63) is 48.2 Å². The number of hydrogen-bond donors (Lipinski definition) is 1. The van der Waals surface area contributed by atoms with Gasteiger partial charge in [0.25, 0.3) is 0 Å². The lowest BCUT2D eigenvalue weighted by Crippen LogP contribution is -1.96. The molecule has 2 N–H and O–H groups in total. The smallest absolute Gasteiger partial charge is 0.0100 e. The van der Waals surface area contributed by atoms with Crippen LogP contribution >= 0.6 is 0 Å². The van der Waals surface area contributed by atoms with E-state index in [2.05, 4.69) is 31.2 Å². The Bertz CT molecular complexity index is 238. The summed E-state index contributed by atoms with van der Waals surface area (Å²) in [5.74, 6) is 0.525. The van der Waals surface area contributed by atoms with E-state index in [-0.39, 0.29) is 0 Å². The highest BCUT2D eigenvalue weighted by Gasteiger charge is 1.97. The van der Waals surface area contributed by atoms with Gasteiger partial charge in [-0.25, -0.2) is 0 Å². The monoisotopic (exact) mass is 161 g/mol. The summed E-state index contributed by atoms with van der Waals surface area (Å²) in [5.41, 5.74) is 6.67. The number of hydrogen-bond acceptors (Lipinski definition) is 1. The van der Waals surface area contributed by atoms with Gasteiger partial charge in [-0.1, -0.05) is 43.3 Å². The van der Waals surface area contributed by atoms with E-state index >= 15 is 0 Å². The molecule has 1 aromatic rings. The molecule has 0 aromatic heterocycles. The Morgan fingerprint density at radius 3 is 2.58 bits per heavy atom. The average Bonchev–Trinajstić information content (AvgIpc) is 2.06. The predicted octanol–water partition coefficient (Wildman–Crippen LogP) is 2.34. The van der Waals surface area contributed by atoms with Crippen molar-refractivity contribution in [3.63, 3.8) is 0 Å². The van der Waals surface area contributed by atoms with Gasteiger partial charge in [0.2, 0.25) is 0 Å². The fraction of sp³-hybridized carbons (Fsp3) is 0.273. The van der Waals surface area contributed by atoms with Crippen molar-refractivity contribution < 1.29 is 0 Å². The van der Waals surface area contributed by atoms with E-state index < -0.39 is 0 Å². The molecular formula is C11H15N. The highest BCUT2D eigenvalue weighted by atomic mass is 14.5. The Morgan fingerprint density at radius 2 is 2.00 bits per heavy atom. The fourth-order valence-electron chi connectivity index (χ4n) is 1.24. The van der Waals surface area contributed by atoms with Crippen LogP contribution in [0.15, 0.2) is 42.6 Å². The summed E-state index contributed by atoms with van der Waals surface area (Å²) in [6.45, 7) is 2.16. The second kappa shape index (κ2) is 4.60. The minimum Gasteiger partial charge on any atom is -0.405 e. The number of allylic oxidation sites excluding steroid dienone is 1. The second-order valence-electron chi connectivity index (χ2n) is 3.05. The summed E-state index contributed by atoms with van der Waals surface area (Å²) in [4.78, 5) is 0. The molecule has 0 aliphatic heterocycles. The Labute approximate surface area is 73.9 Å². The van der Waals surface area contributed by atoms with Gasteiger partial charge in [-0.05, 0) is 24.1 Å². The van der Waals surface area contributed by atoms with Crippen molar-refractivity contribution in [2.24, 2.45) is 11.7 Å². The summed E-state index contributed by atoms with van der Waals surface area (Å²) in [5, 5.41) is 0. The van der Waals surface area contributed by atoms with Gasteiger partial charge in [-0.3, -0.25) is 0 Å². The molecule has 1 heteroatoms. The van der Waals surface area contributed by atoms with E-state index in [1.807, 2.05) is 12.1 Å². The fourth-order valence-corrected chi connectivity index (χ4v) is 1.24. The van der Waals surface area contributed by atoms with Gasteiger partial charge in [0.1, 0.15) is 0 Å². The molecule has 64 valence electrons. The summed E-state index contributed by atoms with van der Waals surface area (Å²) in [6, 6.07) is 10.4. The first-order valence-electron chi connectivity index (χ1n) is 4.25. The molecule has 0 heterocycles. The Morgan fingerprint density at radius 1 is 1.33 bits per heavy atom. The highest BCUT2D eigenvalue weighted by molar-refractivity contribution is 5.15. The van der Waals surface area contributed by atoms with E-state index in [0.717, 1.165) is 6.42 Å². The van der Waals surface area contributed by atoms with Crippen molar-refractivity contribution in [2.45, 2.75) is 13.3 Å². The molecule has 1 nitrogen and oxygen atoms in total. The van der Waals surface area contributed by atoms with Crippen LogP contribution in [0.5, 0.6) is 0 Å². The maximum Gasteiger partial charge on any atom is -0.0100 e. The lowest BCUT2D eigenvalue weighted by atomic mass is 10.0. The first kappa shape index (κ1) is 8.85. The molecule has 12 heavy (non-hydrogen) atoms. The molecule has 1 aromatic carbocycles. The Balaban J connectivity index is 2.52. The van der Waals surface area contributed by atoms with Gasteiger partial charge in [0, 0.05) is 0 Å². The summed E-state index contributed by atoms with van der Waals surface area (Å²) in [7, 11) is 0. The molecule has 0 radical (unpaired) electrons. The van der Waals surface area contributed by atoms with Crippen LogP contribution < -0.4 is 5.73 Å². The molecule has 0 saturated carbocycles. The largest absolute Gasteiger partial charge is 0.405 e. The van der Waals surface area contributed by atoms with E-state index in [0.29, 0.717) is 5.92 Å². The lowest BCUT2D eigenvalue weighted by Gasteiger charge is -2.04. The SMILES string of the molecule is CC(C=CN)Cc1ccccc1. The third-order valence-corrected chi connectivity index (χ3v) is 1.84. The predicted molar refractivity (Wildman–Crippen MR) is 52.6 cm³/mol. The van der Waals surface area contributed by atoms with Gasteiger partial charge in [0.15, 0.2) is 0 Å². The van der Waals surface area contributed by atoms with E-state index in [1.165, 1.54) is 5.56 Å². The zero-order valence-corrected chi connectivity index (χ0v) is 7.40. The minimum absolute atomic E-state index is 0.525. The van der Waals surface area contributed by atoms with Crippen LogP contribution in [0.1, 0.15) is 12.5 Å². The van der Waals surface area contributed by atoms with Crippen LogP contribution in [0.2, 0.25) is 0 Å². The van der Waals surface area contributed by atoms with Crippen molar-refractivity contribution >= 4 is 0 Å². The molecule has 0 aliphatic carbocycles. The maximum atomic E-state index is 5.30. The summed E-state index contributed by atoms with van der Waals surface area (Å²) in [6.07, 6.45) is 4.70. The number of benzene rings is 1. The van der Waals surface area contributed by atoms with Crippen LogP contribution in [-0.2, 0) is 6.42 Å². The van der Waals surface area contributed by atoms with E-state index in [1.54, 1.807) is 6.20 Å². The van der Waals surface area contributed by atoms with Crippen molar-refractivity contribution in [1.29, 1.82) is 0 Å². The second-order valence-corrected chi connectivity index (χ2v) is 3.05. The first-order chi connectivity index (χ1) is 5.83. The zero-order chi connectivity index (χ0) is 8.81. The zero-order valence-electron chi connectivity index (χ0n) is 7.40. The lowest BCUT2D eigenvalue weighted by molar-refractivity contribution is 0.722. The van der Waals surface area contributed by atoms with Gasteiger partial charge in [-0.15, -0.1) is 0 Å². The topological polar surface area (TPSA) is 26.0 Å². The van der Waals surface area contributed by atoms with Gasteiger partial charge in [-0.2, -0.15) is 0 Å². The molecule has 0 aliphatic rings. The molecule has 1 atom stereocenters. The Hall–Kier alpha value is -1.24. The standard InChI is InChI=1S/C11H15N/c1-10(7-8-12)9-11-5-3-2-4-6-11/h2-8,10H,9,12H2,1H3. The third-order valence-electron chi connectivity index (χ3n) is 1.84. The van der Waals surface area contributed by atoms with Crippen molar-refractivity contribution in [1.82, 2.24) is 0 Å². The van der Waals surface area contributed by atoms with Crippen LogP contribution in [0.25, 0.3) is 0 Å². The first-order valence-corrected chi connectivity index (χ1v) is 4.25. The van der Waals surface area contributed by atoms with Gasteiger partial charge < -0.3 is 5.73 Å². The number of rotatable bonds is 3. The van der Waals surface area contributed by atoms with E-state index in [4.69, 9.17) is 5.73 Å². The van der Waals surface area contributed by atoms with E-state index in [9.17, 15) is 0 Å². The molecule has 0 fully saturated rings. The normalized spacial score (nSPS) is 13.4. The maximum absolute atomic E-state index is 5.30. The average molecular weight is 161 g/mol. The Kier molecular flexibility index (Phi) is 3.39. The summed E-state index contributed by atoms with van der Waals surface area (Å²) >= 11 is 0. The third kappa shape index (κ3) is 2.79. The number of nitrogens with two attached hydrogens (primary N) is 1. The minimum atomic E-state index is 0.525. The molecule has 1 unspecified atom stereocenters. The molecule has 0 spiro atoms. The van der Waals surface area contributed by atoms with Crippen LogP contribution in [0.4, 0.5) is 0 Å².